The molecule has 9 heteroatoms. The second-order valence-corrected chi connectivity index (χ2v) is 10.4. The SMILES string of the molecule is CCC1CCCCN1CCCNC(=O)C1CCCN(S(=O)(=O)N2CCOCC2)C1. The molecule has 0 aromatic carbocycles. The lowest BCUT2D eigenvalue weighted by molar-refractivity contribution is -0.126. The maximum Gasteiger partial charge on any atom is 0.282 e. The van der Waals surface area contributed by atoms with Crippen LogP contribution in [0.2, 0.25) is 0 Å². The molecule has 3 fully saturated rings. The van der Waals surface area contributed by atoms with E-state index in [1.165, 1.54) is 40.8 Å². The van der Waals surface area contributed by atoms with Gasteiger partial charge in [0.05, 0.1) is 19.1 Å². The molecular weight excluding hydrogens is 392 g/mol. The maximum atomic E-state index is 12.9. The maximum absolute atomic E-state index is 12.9. The molecule has 0 radical (unpaired) electrons. The Balaban J connectivity index is 1.42. The van der Waals surface area contributed by atoms with Crippen LogP contribution < -0.4 is 5.32 Å². The summed E-state index contributed by atoms with van der Waals surface area (Å²) in [5, 5.41) is 3.06. The van der Waals surface area contributed by atoms with Gasteiger partial charge in [-0.25, -0.2) is 0 Å². The zero-order chi connectivity index (χ0) is 20.7. The highest BCUT2D eigenvalue weighted by Gasteiger charge is 2.36. The largest absolute Gasteiger partial charge is 0.379 e. The number of likely N-dealkylation sites (tertiary alicyclic amines) is 1. The second kappa shape index (κ2) is 11.0. The summed E-state index contributed by atoms with van der Waals surface area (Å²) in [7, 11) is -3.50. The van der Waals surface area contributed by atoms with Gasteiger partial charge in [-0.15, -0.1) is 0 Å². The van der Waals surface area contributed by atoms with E-state index in [0.29, 0.717) is 45.4 Å². The Morgan fingerprint density at radius 3 is 2.59 bits per heavy atom. The van der Waals surface area contributed by atoms with Crippen molar-refractivity contribution in [2.75, 3.05) is 59.0 Å². The highest BCUT2D eigenvalue weighted by molar-refractivity contribution is 7.86. The van der Waals surface area contributed by atoms with Crippen molar-refractivity contribution in [3.05, 3.63) is 0 Å². The van der Waals surface area contributed by atoms with Crippen LogP contribution in [0.4, 0.5) is 0 Å². The Kier molecular flexibility index (Phi) is 8.73. The van der Waals surface area contributed by atoms with E-state index in [-0.39, 0.29) is 18.4 Å². The quantitative estimate of drug-likeness (QED) is 0.582. The summed E-state index contributed by atoms with van der Waals surface area (Å²) in [5.41, 5.74) is 0. The lowest BCUT2D eigenvalue weighted by Gasteiger charge is -2.36. The average Bonchev–Trinajstić information content (AvgIpc) is 2.77. The number of carbonyl (C=O) groups is 1. The first-order valence-electron chi connectivity index (χ1n) is 11.4. The molecule has 3 aliphatic rings. The van der Waals surface area contributed by atoms with Gasteiger partial charge in [-0.1, -0.05) is 13.3 Å². The van der Waals surface area contributed by atoms with Gasteiger partial charge in [0.2, 0.25) is 5.91 Å². The van der Waals surface area contributed by atoms with Crippen LogP contribution in [0.3, 0.4) is 0 Å². The van der Waals surface area contributed by atoms with Gasteiger partial charge >= 0.3 is 0 Å². The van der Waals surface area contributed by atoms with Crippen LogP contribution in [0.15, 0.2) is 0 Å². The average molecular weight is 431 g/mol. The highest BCUT2D eigenvalue weighted by atomic mass is 32.2. The van der Waals surface area contributed by atoms with Crippen LogP contribution in [-0.2, 0) is 19.7 Å². The fraction of sp³-hybridized carbons (Fsp3) is 0.950. The fourth-order valence-corrected chi connectivity index (χ4v) is 6.43. The summed E-state index contributed by atoms with van der Waals surface area (Å²) in [6.45, 7) is 7.57. The van der Waals surface area contributed by atoms with Crippen molar-refractivity contribution in [1.29, 1.82) is 0 Å². The molecule has 3 heterocycles. The molecule has 2 unspecified atom stereocenters. The van der Waals surface area contributed by atoms with E-state index < -0.39 is 10.2 Å². The lowest BCUT2D eigenvalue weighted by atomic mass is 9.98. The summed E-state index contributed by atoms with van der Waals surface area (Å²) in [4.78, 5) is 15.2. The van der Waals surface area contributed by atoms with Crippen molar-refractivity contribution in [3.8, 4) is 0 Å². The van der Waals surface area contributed by atoms with Crippen LogP contribution in [-0.4, -0.2) is 92.9 Å². The number of nitrogens with zero attached hydrogens (tertiary/aromatic N) is 3. The Bertz CT molecular complexity index is 624. The van der Waals surface area contributed by atoms with Gasteiger partial charge in [0.15, 0.2) is 0 Å². The van der Waals surface area contributed by atoms with Gasteiger partial charge in [-0.05, 0) is 45.1 Å². The third-order valence-electron chi connectivity index (χ3n) is 6.52. The van der Waals surface area contributed by atoms with Crippen LogP contribution in [0.5, 0.6) is 0 Å². The minimum Gasteiger partial charge on any atom is -0.379 e. The van der Waals surface area contributed by atoms with E-state index in [4.69, 9.17) is 4.74 Å². The lowest BCUT2D eigenvalue weighted by Crippen LogP contribution is -2.53. The van der Waals surface area contributed by atoms with Gasteiger partial charge < -0.3 is 15.0 Å². The molecule has 168 valence electrons. The molecule has 1 amide bonds. The molecule has 0 spiro atoms. The summed E-state index contributed by atoms with van der Waals surface area (Å²) in [5.74, 6) is -0.254. The Labute approximate surface area is 176 Å². The smallest absolute Gasteiger partial charge is 0.282 e. The first kappa shape index (κ1) is 22.9. The number of piperidine rings is 2. The van der Waals surface area contributed by atoms with E-state index in [9.17, 15) is 13.2 Å². The second-order valence-electron chi connectivity index (χ2n) is 8.45. The van der Waals surface area contributed by atoms with E-state index in [1.54, 1.807) is 0 Å². The van der Waals surface area contributed by atoms with Gasteiger partial charge in [0.1, 0.15) is 0 Å². The minimum absolute atomic E-state index is 0.00226. The van der Waals surface area contributed by atoms with Crippen molar-refractivity contribution in [1.82, 2.24) is 18.8 Å². The summed E-state index contributed by atoms with van der Waals surface area (Å²) < 4.78 is 34.0. The third-order valence-corrected chi connectivity index (χ3v) is 8.52. The highest BCUT2D eigenvalue weighted by Crippen LogP contribution is 2.22. The number of hydrogen-bond donors (Lipinski definition) is 1. The zero-order valence-electron chi connectivity index (χ0n) is 17.9. The van der Waals surface area contributed by atoms with Gasteiger partial charge in [0, 0.05) is 45.3 Å². The van der Waals surface area contributed by atoms with Crippen molar-refractivity contribution in [2.45, 2.75) is 57.9 Å². The number of amides is 1. The number of morpholine rings is 1. The molecule has 0 aromatic rings. The number of rotatable bonds is 8. The van der Waals surface area contributed by atoms with Crippen molar-refractivity contribution in [2.24, 2.45) is 5.92 Å². The molecule has 8 nitrogen and oxygen atoms in total. The van der Waals surface area contributed by atoms with Crippen LogP contribution >= 0.6 is 0 Å². The van der Waals surface area contributed by atoms with Gasteiger partial charge in [-0.3, -0.25) is 4.79 Å². The Morgan fingerprint density at radius 2 is 1.83 bits per heavy atom. The number of nitrogens with one attached hydrogen (secondary N) is 1. The van der Waals surface area contributed by atoms with E-state index in [1.807, 2.05) is 0 Å². The molecule has 3 aliphatic heterocycles. The van der Waals surface area contributed by atoms with Gasteiger partial charge in [-0.2, -0.15) is 17.0 Å². The monoisotopic (exact) mass is 430 g/mol. The third kappa shape index (κ3) is 6.13. The van der Waals surface area contributed by atoms with E-state index in [2.05, 4.69) is 17.1 Å². The normalized spacial score (nSPS) is 28.3. The minimum atomic E-state index is -3.50. The molecule has 3 rings (SSSR count). The summed E-state index contributed by atoms with van der Waals surface area (Å²) in [6.07, 6.45) is 7.53. The zero-order valence-corrected chi connectivity index (χ0v) is 18.7. The van der Waals surface area contributed by atoms with E-state index in [0.717, 1.165) is 25.8 Å². The molecule has 0 aromatic heterocycles. The number of carbonyl (C=O) groups excluding carboxylic acids is 1. The molecule has 0 saturated carbocycles. The first-order chi connectivity index (χ1) is 14.0. The predicted octanol–water partition coefficient (Wildman–Crippen LogP) is 1.05. The Hall–Kier alpha value is -0.740. The van der Waals surface area contributed by atoms with E-state index >= 15 is 0 Å². The van der Waals surface area contributed by atoms with Crippen molar-refractivity contribution < 1.29 is 17.9 Å². The molecular formula is C20H38N4O4S. The first-order valence-corrected chi connectivity index (χ1v) is 12.8. The summed E-state index contributed by atoms with van der Waals surface area (Å²) in [6, 6.07) is 0.691. The molecule has 0 bridgehead atoms. The molecule has 0 aliphatic carbocycles. The molecule has 3 saturated heterocycles. The Morgan fingerprint density at radius 1 is 1.03 bits per heavy atom. The van der Waals surface area contributed by atoms with Crippen molar-refractivity contribution >= 4 is 16.1 Å². The topological polar surface area (TPSA) is 82.2 Å². The standard InChI is InChI=1S/C20H38N4O4S/c1-2-19-8-3-4-10-22(19)11-6-9-21-20(25)18-7-5-12-24(17-18)29(26,27)23-13-15-28-16-14-23/h18-19H,2-17H2,1H3,(H,21,25). The van der Waals surface area contributed by atoms with Crippen LogP contribution in [0.25, 0.3) is 0 Å². The predicted molar refractivity (Wildman–Crippen MR) is 113 cm³/mol. The van der Waals surface area contributed by atoms with Gasteiger partial charge in [0.25, 0.3) is 10.2 Å². The molecule has 29 heavy (non-hydrogen) atoms. The summed E-state index contributed by atoms with van der Waals surface area (Å²) >= 11 is 0. The number of ether oxygens (including phenoxy) is 1. The number of hydrogen-bond acceptors (Lipinski definition) is 5. The molecule has 2 atom stereocenters. The van der Waals surface area contributed by atoms with Crippen LogP contribution in [0.1, 0.15) is 51.9 Å². The molecule has 1 N–H and O–H groups in total. The van der Waals surface area contributed by atoms with Crippen molar-refractivity contribution in [3.63, 3.8) is 0 Å². The fourth-order valence-electron chi connectivity index (χ4n) is 4.76. The van der Waals surface area contributed by atoms with Crippen LogP contribution in [0, 0.1) is 5.92 Å².